The number of nitrogens with zero attached hydrogens (tertiary/aromatic N) is 2. The maximum atomic E-state index is 6.73. The standard InChI is InChI=1S/C25H31N3O3/c1-17(2)27-13-11-25(12-14-27)28-21(19-7-5-6-8-22(19)31-25)16-20(26-28)18-9-10-23(29-3)24(15-18)30-4/h5-10,15-17,21,26H,11-14H2,1-4H3/t21-/m0/s1. The highest BCUT2D eigenvalue weighted by molar-refractivity contribution is 5.70. The molecule has 164 valence electrons. The van der Waals surface area contributed by atoms with E-state index in [0.717, 1.165) is 54.4 Å². The van der Waals surface area contributed by atoms with Gasteiger partial charge in [-0.1, -0.05) is 18.2 Å². The Morgan fingerprint density at radius 1 is 1.03 bits per heavy atom. The Bertz CT molecular complexity index is 995. The van der Waals surface area contributed by atoms with E-state index >= 15 is 0 Å². The summed E-state index contributed by atoms with van der Waals surface area (Å²) in [6.45, 7) is 6.58. The number of rotatable bonds is 4. The Balaban J connectivity index is 1.51. The minimum absolute atomic E-state index is 0.124. The monoisotopic (exact) mass is 421 g/mol. The molecule has 5 rings (SSSR count). The van der Waals surface area contributed by atoms with Crippen LogP contribution in [0.5, 0.6) is 17.2 Å². The number of methoxy groups -OCH3 is 2. The first-order chi connectivity index (χ1) is 15.0. The average Bonchev–Trinajstić information content (AvgIpc) is 3.26. The summed E-state index contributed by atoms with van der Waals surface area (Å²) in [4.78, 5) is 2.53. The molecule has 0 aliphatic carbocycles. The molecule has 1 N–H and O–H groups in total. The molecule has 1 fully saturated rings. The third kappa shape index (κ3) is 3.34. The molecule has 1 spiro atoms. The lowest BCUT2D eigenvalue weighted by Crippen LogP contribution is -2.64. The van der Waals surface area contributed by atoms with Crippen molar-refractivity contribution in [3.8, 4) is 17.2 Å². The summed E-state index contributed by atoms with van der Waals surface area (Å²) < 4.78 is 17.7. The van der Waals surface area contributed by atoms with Crippen LogP contribution >= 0.6 is 0 Å². The van der Waals surface area contributed by atoms with Crippen molar-refractivity contribution in [3.05, 3.63) is 59.7 Å². The van der Waals surface area contributed by atoms with Crippen molar-refractivity contribution in [3.63, 3.8) is 0 Å². The molecule has 0 saturated carbocycles. The molecule has 0 unspecified atom stereocenters. The minimum Gasteiger partial charge on any atom is -0.493 e. The third-order valence-electron chi connectivity index (χ3n) is 6.82. The zero-order valence-corrected chi connectivity index (χ0v) is 18.7. The summed E-state index contributed by atoms with van der Waals surface area (Å²) in [6.07, 6.45) is 4.21. The first kappa shape index (κ1) is 20.2. The van der Waals surface area contributed by atoms with Crippen LogP contribution in [0.1, 0.15) is 43.9 Å². The van der Waals surface area contributed by atoms with Crippen LogP contribution < -0.4 is 19.6 Å². The summed E-state index contributed by atoms with van der Waals surface area (Å²) in [5.41, 5.74) is 6.67. The fraction of sp³-hybridized carbons (Fsp3) is 0.440. The maximum Gasteiger partial charge on any atom is 0.182 e. The van der Waals surface area contributed by atoms with Gasteiger partial charge in [0.15, 0.2) is 17.2 Å². The van der Waals surface area contributed by atoms with Gasteiger partial charge in [-0.2, -0.15) is 5.01 Å². The van der Waals surface area contributed by atoms with Gasteiger partial charge in [-0.25, -0.2) is 0 Å². The first-order valence-electron chi connectivity index (χ1n) is 11.1. The van der Waals surface area contributed by atoms with Gasteiger partial charge in [0.2, 0.25) is 0 Å². The summed E-state index contributed by atoms with van der Waals surface area (Å²) in [5.74, 6) is 2.45. The SMILES string of the molecule is COc1ccc(C2=C[C@H]3c4ccccc4OC4(CCN(C(C)C)CC4)N3N2)cc1OC. The number of benzene rings is 2. The molecule has 3 aliphatic heterocycles. The molecule has 0 amide bonds. The van der Waals surface area contributed by atoms with Crippen LogP contribution in [0.15, 0.2) is 48.5 Å². The second-order valence-electron chi connectivity index (χ2n) is 8.79. The zero-order chi connectivity index (χ0) is 21.6. The van der Waals surface area contributed by atoms with Gasteiger partial charge < -0.3 is 24.5 Å². The number of nitrogens with one attached hydrogen (secondary N) is 1. The van der Waals surface area contributed by atoms with Crippen molar-refractivity contribution >= 4 is 5.70 Å². The Morgan fingerprint density at radius 2 is 1.77 bits per heavy atom. The molecule has 3 aliphatic rings. The fourth-order valence-electron chi connectivity index (χ4n) is 5.02. The van der Waals surface area contributed by atoms with E-state index in [1.807, 2.05) is 12.1 Å². The molecule has 1 saturated heterocycles. The van der Waals surface area contributed by atoms with Crippen LogP contribution in [0, 0.1) is 0 Å². The van der Waals surface area contributed by atoms with Gasteiger partial charge in [0.25, 0.3) is 0 Å². The number of hydrazine groups is 1. The van der Waals surface area contributed by atoms with Crippen molar-refractivity contribution in [1.82, 2.24) is 15.3 Å². The second-order valence-corrected chi connectivity index (χ2v) is 8.79. The molecular weight excluding hydrogens is 390 g/mol. The molecule has 0 aromatic heterocycles. The molecule has 31 heavy (non-hydrogen) atoms. The minimum atomic E-state index is -0.362. The molecule has 0 bridgehead atoms. The topological polar surface area (TPSA) is 46.2 Å². The number of likely N-dealkylation sites (tertiary alicyclic amines) is 1. The molecule has 6 nitrogen and oxygen atoms in total. The van der Waals surface area contributed by atoms with Crippen LogP contribution in [-0.4, -0.2) is 49.0 Å². The number of piperidine rings is 1. The van der Waals surface area contributed by atoms with E-state index in [9.17, 15) is 0 Å². The molecule has 3 heterocycles. The Hall–Kier alpha value is -2.70. The lowest BCUT2D eigenvalue weighted by molar-refractivity contribution is -0.161. The number of ether oxygens (including phenoxy) is 3. The summed E-state index contributed by atoms with van der Waals surface area (Å²) >= 11 is 0. The van der Waals surface area contributed by atoms with Gasteiger partial charge in [0, 0.05) is 43.1 Å². The van der Waals surface area contributed by atoms with Crippen molar-refractivity contribution in [2.45, 2.75) is 44.5 Å². The highest BCUT2D eigenvalue weighted by atomic mass is 16.5. The summed E-state index contributed by atoms with van der Waals surface area (Å²) in [6, 6.07) is 15.1. The van der Waals surface area contributed by atoms with Crippen LogP contribution in [0.2, 0.25) is 0 Å². The molecular formula is C25H31N3O3. The van der Waals surface area contributed by atoms with Crippen molar-refractivity contribution in [2.24, 2.45) is 0 Å². The van der Waals surface area contributed by atoms with Crippen LogP contribution in [0.3, 0.4) is 0 Å². The highest BCUT2D eigenvalue weighted by Gasteiger charge is 2.51. The number of fused-ring (bicyclic) bond motifs is 4. The van der Waals surface area contributed by atoms with E-state index < -0.39 is 0 Å². The molecule has 2 aromatic carbocycles. The van der Waals surface area contributed by atoms with Gasteiger partial charge >= 0.3 is 0 Å². The van der Waals surface area contributed by atoms with Crippen molar-refractivity contribution in [2.75, 3.05) is 27.3 Å². The predicted octanol–water partition coefficient (Wildman–Crippen LogP) is 4.20. The van der Waals surface area contributed by atoms with Crippen LogP contribution in [0.25, 0.3) is 5.70 Å². The quantitative estimate of drug-likeness (QED) is 0.798. The number of para-hydroxylation sites is 1. The maximum absolute atomic E-state index is 6.73. The predicted molar refractivity (Wildman–Crippen MR) is 121 cm³/mol. The van der Waals surface area contributed by atoms with Gasteiger partial charge in [0.1, 0.15) is 5.75 Å². The van der Waals surface area contributed by atoms with E-state index in [-0.39, 0.29) is 11.8 Å². The molecule has 6 heteroatoms. The van der Waals surface area contributed by atoms with Gasteiger partial charge in [-0.3, -0.25) is 0 Å². The van der Waals surface area contributed by atoms with E-state index in [1.54, 1.807) is 14.2 Å². The molecule has 1 atom stereocenters. The lowest BCUT2D eigenvalue weighted by atomic mass is 9.92. The number of hydrogen-bond acceptors (Lipinski definition) is 6. The zero-order valence-electron chi connectivity index (χ0n) is 18.7. The number of hydrogen-bond donors (Lipinski definition) is 1. The van der Waals surface area contributed by atoms with Crippen molar-refractivity contribution in [1.29, 1.82) is 0 Å². The normalized spacial score (nSPS) is 22.4. The van der Waals surface area contributed by atoms with E-state index in [1.165, 1.54) is 5.56 Å². The third-order valence-corrected chi connectivity index (χ3v) is 6.82. The van der Waals surface area contributed by atoms with Gasteiger partial charge in [-0.05, 0) is 44.2 Å². The van der Waals surface area contributed by atoms with E-state index in [4.69, 9.17) is 14.2 Å². The largest absolute Gasteiger partial charge is 0.493 e. The van der Waals surface area contributed by atoms with Crippen molar-refractivity contribution < 1.29 is 14.2 Å². The average molecular weight is 422 g/mol. The molecule has 0 radical (unpaired) electrons. The van der Waals surface area contributed by atoms with Gasteiger partial charge in [0.05, 0.1) is 26.0 Å². The lowest BCUT2D eigenvalue weighted by Gasteiger charge is -2.52. The fourth-order valence-corrected chi connectivity index (χ4v) is 5.02. The van der Waals surface area contributed by atoms with Crippen LogP contribution in [0.4, 0.5) is 0 Å². The molecule has 2 aromatic rings. The first-order valence-corrected chi connectivity index (χ1v) is 11.1. The Morgan fingerprint density at radius 3 is 2.48 bits per heavy atom. The van der Waals surface area contributed by atoms with E-state index in [0.29, 0.717) is 6.04 Å². The second kappa shape index (κ2) is 7.77. The highest BCUT2D eigenvalue weighted by Crippen LogP contribution is 2.48. The summed E-state index contributed by atoms with van der Waals surface area (Å²) in [7, 11) is 3.33. The smallest absolute Gasteiger partial charge is 0.182 e. The Kier molecular flexibility index (Phi) is 5.07. The van der Waals surface area contributed by atoms with Crippen LogP contribution in [-0.2, 0) is 0 Å². The van der Waals surface area contributed by atoms with Gasteiger partial charge in [-0.15, -0.1) is 0 Å². The summed E-state index contributed by atoms with van der Waals surface area (Å²) in [5, 5.41) is 2.33. The Labute approximate surface area is 184 Å². The van der Waals surface area contributed by atoms with E-state index in [2.05, 4.69) is 65.6 Å².